The molecule has 0 radical (unpaired) electrons. The Morgan fingerprint density at radius 1 is 1.12 bits per heavy atom. The van der Waals surface area contributed by atoms with Gasteiger partial charge in [0.25, 0.3) is 11.8 Å². The molecule has 2 aromatic rings. The van der Waals surface area contributed by atoms with Gasteiger partial charge in [0.1, 0.15) is 11.8 Å². The number of ketones is 1. The lowest BCUT2D eigenvalue weighted by molar-refractivity contribution is -0.136. The number of carbonyl (C=O) groups excluding carboxylic acids is 5. The van der Waals surface area contributed by atoms with Crippen molar-refractivity contribution in [2.75, 3.05) is 7.11 Å². The van der Waals surface area contributed by atoms with E-state index in [4.69, 9.17) is 4.74 Å². The fourth-order valence-corrected chi connectivity index (χ4v) is 3.94. The zero-order valence-electron chi connectivity index (χ0n) is 17.3. The first kappa shape index (κ1) is 21.2. The van der Waals surface area contributed by atoms with Gasteiger partial charge in [-0.2, -0.15) is 0 Å². The van der Waals surface area contributed by atoms with Gasteiger partial charge in [0.05, 0.1) is 7.11 Å². The molecule has 2 aromatic carbocycles. The number of nitrogens with zero attached hydrogens (tertiary/aromatic N) is 1. The number of Topliss-reactive ketones (excluding diaryl/α,β-unsaturated/α-hetero) is 1. The maximum atomic E-state index is 12.9. The number of hydrogen-bond acceptors (Lipinski definition) is 6. The van der Waals surface area contributed by atoms with Crippen LogP contribution in [0.1, 0.15) is 44.7 Å². The molecule has 0 bridgehead atoms. The topological polar surface area (TPSA) is 122 Å². The zero-order valence-corrected chi connectivity index (χ0v) is 17.3. The molecule has 164 valence electrons. The number of carbonyl (C=O) groups is 5. The molecule has 2 aliphatic heterocycles. The number of imide groups is 1. The van der Waals surface area contributed by atoms with E-state index in [0.717, 1.165) is 0 Å². The van der Waals surface area contributed by atoms with Crippen molar-refractivity contribution in [1.82, 2.24) is 15.5 Å². The Hall–Kier alpha value is -4.01. The van der Waals surface area contributed by atoms with Crippen molar-refractivity contribution in [3.8, 4) is 5.75 Å². The third-order valence-electron chi connectivity index (χ3n) is 5.68. The Bertz CT molecular complexity index is 1130. The van der Waals surface area contributed by atoms with Crippen LogP contribution >= 0.6 is 0 Å². The van der Waals surface area contributed by atoms with Crippen molar-refractivity contribution in [2.45, 2.75) is 32.0 Å². The Morgan fingerprint density at radius 3 is 2.56 bits per heavy atom. The highest BCUT2D eigenvalue weighted by Crippen LogP contribution is 2.29. The molecule has 0 aliphatic carbocycles. The second-order valence-corrected chi connectivity index (χ2v) is 7.58. The van der Waals surface area contributed by atoms with E-state index in [-0.39, 0.29) is 43.3 Å². The van der Waals surface area contributed by atoms with Gasteiger partial charge in [0.2, 0.25) is 17.6 Å². The van der Waals surface area contributed by atoms with Gasteiger partial charge in [-0.25, -0.2) is 0 Å². The van der Waals surface area contributed by atoms with Crippen LogP contribution in [0.15, 0.2) is 42.5 Å². The predicted molar refractivity (Wildman–Crippen MR) is 112 cm³/mol. The van der Waals surface area contributed by atoms with Crippen LogP contribution in [0, 0.1) is 0 Å². The maximum Gasteiger partial charge on any atom is 0.292 e. The van der Waals surface area contributed by atoms with Crippen LogP contribution in [0.3, 0.4) is 0 Å². The lowest BCUT2D eigenvalue weighted by Crippen LogP contribution is -2.52. The average molecular weight is 435 g/mol. The highest BCUT2D eigenvalue weighted by Gasteiger charge is 2.39. The maximum absolute atomic E-state index is 12.9. The van der Waals surface area contributed by atoms with E-state index in [1.807, 2.05) is 0 Å². The minimum absolute atomic E-state index is 0.0559. The summed E-state index contributed by atoms with van der Waals surface area (Å²) >= 11 is 0. The van der Waals surface area contributed by atoms with E-state index >= 15 is 0 Å². The molecule has 4 amide bonds. The Kier molecular flexibility index (Phi) is 5.72. The summed E-state index contributed by atoms with van der Waals surface area (Å²) in [4.78, 5) is 62.7. The van der Waals surface area contributed by atoms with E-state index in [1.165, 1.54) is 24.1 Å². The molecule has 9 nitrogen and oxygen atoms in total. The number of hydrogen-bond donors (Lipinski definition) is 2. The summed E-state index contributed by atoms with van der Waals surface area (Å²) in [5, 5.41) is 4.88. The first-order valence-corrected chi connectivity index (χ1v) is 10.1. The predicted octanol–water partition coefficient (Wildman–Crippen LogP) is 0.955. The smallest absolute Gasteiger partial charge is 0.292 e. The van der Waals surface area contributed by atoms with Crippen LogP contribution in [0.4, 0.5) is 0 Å². The zero-order chi connectivity index (χ0) is 22.8. The first-order valence-electron chi connectivity index (χ1n) is 10.1. The van der Waals surface area contributed by atoms with Crippen molar-refractivity contribution in [1.29, 1.82) is 0 Å². The molecular weight excluding hydrogens is 414 g/mol. The number of benzene rings is 2. The molecule has 2 N–H and O–H groups in total. The van der Waals surface area contributed by atoms with Gasteiger partial charge in [-0.1, -0.05) is 12.1 Å². The Morgan fingerprint density at radius 2 is 1.88 bits per heavy atom. The van der Waals surface area contributed by atoms with Crippen LogP contribution in [0.2, 0.25) is 0 Å². The molecule has 1 saturated heterocycles. The van der Waals surface area contributed by atoms with Crippen molar-refractivity contribution < 1.29 is 28.7 Å². The minimum Gasteiger partial charge on any atom is -0.497 e. The summed E-state index contributed by atoms with van der Waals surface area (Å²) in [5.74, 6) is -1.99. The van der Waals surface area contributed by atoms with Crippen LogP contribution < -0.4 is 15.4 Å². The summed E-state index contributed by atoms with van der Waals surface area (Å²) in [5.41, 5.74) is 2.06. The largest absolute Gasteiger partial charge is 0.497 e. The van der Waals surface area contributed by atoms with E-state index in [0.29, 0.717) is 22.4 Å². The molecule has 1 unspecified atom stereocenters. The number of fused-ring (bicyclic) bond motifs is 1. The number of piperidine rings is 1. The average Bonchev–Trinajstić information content (AvgIpc) is 3.14. The quantitative estimate of drug-likeness (QED) is 0.396. The summed E-state index contributed by atoms with van der Waals surface area (Å²) in [6, 6.07) is 10.6. The molecule has 0 aromatic heterocycles. The summed E-state index contributed by atoms with van der Waals surface area (Å²) in [6.45, 7) is 0.249. The van der Waals surface area contributed by atoms with Crippen molar-refractivity contribution in [2.24, 2.45) is 0 Å². The van der Waals surface area contributed by atoms with E-state index < -0.39 is 23.6 Å². The number of nitrogens with one attached hydrogen (secondary N) is 2. The van der Waals surface area contributed by atoms with Crippen LogP contribution in [0.25, 0.3) is 0 Å². The van der Waals surface area contributed by atoms with Crippen LogP contribution in [-0.2, 0) is 27.5 Å². The fourth-order valence-electron chi connectivity index (χ4n) is 3.94. The second kappa shape index (κ2) is 8.62. The lowest BCUT2D eigenvalue weighted by atomic mass is 10.0. The van der Waals surface area contributed by atoms with Gasteiger partial charge in [0.15, 0.2) is 0 Å². The van der Waals surface area contributed by atoms with E-state index in [2.05, 4.69) is 10.6 Å². The Balaban J connectivity index is 1.45. The summed E-state index contributed by atoms with van der Waals surface area (Å²) in [7, 11) is 1.51. The SMILES string of the molecule is COc1ccc(C(=O)C(=O)NCc2cccc3c2CN(C2CCC(=O)NC2=O)C3=O)cc1. The van der Waals surface area contributed by atoms with Gasteiger partial charge in [-0.05, 0) is 47.9 Å². The highest BCUT2D eigenvalue weighted by molar-refractivity contribution is 6.42. The Labute approximate surface area is 183 Å². The molecule has 1 fully saturated rings. The monoisotopic (exact) mass is 435 g/mol. The first-order chi connectivity index (χ1) is 15.4. The molecule has 2 heterocycles. The molecule has 9 heteroatoms. The lowest BCUT2D eigenvalue weighted by Gasteiger charge is -2.29. The van der Waals surface area contributed by atoms with Gasteiger partial charge in [-0.3, -0.25) is 29.3 Å². The van der Waals surface area contributed by atoms with Gasteiger partial charge < -0.3 is 15.0 Å². The van der Waals surface area contributed by atoms with Gasteiger partial charge >= 0.3 is 0 Å². The number of amides is 4. The molecule has 1 atom stereocenters. The van der Waals surface area contributed by atoms with Crippen molar-refractivity contribution in [3.63, 3.8) is 0 Å². The number of methoxy groups -OCH3 is 1. The normalized spacial score (nSPS) is 17.6. The van der Waals surface area contributed by atoms with E-state index in [1.54, 1.807) is 30.3 Å². The van der Waals surface area contributed by atoms with Crippen LogP contribution in [0.5, 0.6) is 5.75 Å². The highest BCUT2D eigenvalue weighted by atomic mass is 16.5. The molecule has 0 saturated carbocycles. The standard InChI is InChI=1S/C23H21N3O6/c1-32-15-7-5-13(6-8-15)20(28)22(30)24-11-14-3-2-4-16-17(14)12-26(23(16)31)18-9-10-19(27)25-21(18)29/h2-8,18H,9-12H2,1H3,(H,24,30)(H,25,27,29). The molecule has 0 spiro atoms. The molecule has 2 aliphatic rings. The molecule has 4 rings (SSSR count). The minimum atomic E-state index is -0.765. The number of ether oxygens (including phenoxy) is 1. The molecule has 32 heavy (non-hydrogen) atoms. The van der Waals surface area contributed by atoms with Crippen molar-refractivity contribution >= 4 is 29.4 Å². The van der Waals surface area contributed by atoms with Gasteiger partial charge in [0, 0.05) is 30.6 Å². The fraction of sp³-hybridized carbons (Fsp3) is 0.261. The summed E-state index contributed by atoms with van der Waals surface area (Å²) in [6.07, 6.45) is 0.444. The van der Waals surface area contributed by atoms with Crippen LogP contribution in [-0.4, -0.2) is 47.5 Å². The number of rotatable bonds is 6. The van der Waals surface area contributed by atoms with E-state index in [9.17, 15) is 24.0 Å². The summed E-state index contributed by atoms with van der Waals surface area (Å²) < 4.78 is 5.05. The van der Waals surface area contributed by atoms with Gasteiger partial charge in [-0.15, -0.1) is 0 Å². The third kappa shape index (κ3) is 3.96. The third-order valence-corrected chi connectivity index (χ3v) is 5.68. The van der Waals surface area contributed by atoms with Crippen molar-refractivity contribution in [3.05, 3.63) is 64.7 Å². The second-order valence-electron chi connectivity index (χ2n) is 7.58. The molecular formula is C23H21N3O6.